The van der Waals surface area contributed by atoms with E-state index in [2.05, 4.69) is 0 Å². The maximum atomic E-state index is 11.2. The standard InChI is InChI=1S/2C5H10O2.Pb/c2*1-3-4(2)5(6)7;/h2*4H,3H2,1-2H3,(H,6,7);/q;;+2/p-2. The average Bonchev–Trinajstić information content (AvgIpc) is 2.26. The van der Waals surface area contributed by atoms with E-state index in [1.165, 1.54) is 0 Å². The summed E-state index contributed by atoms with van der Waals surface area (Å²) in [4.78, 5) is 22.5. The Bertz CT molecular complexity index is 195. The van der Waals surface area contributed by atoms with Gasteiger partial charge in [-0.25, -0.2) is 0 Å². The summed E-state index contributed by atoms with van der Waals surface area (Å²) in [5.41, 5.74) is 0. The van der Waals surface area contributed by atoms with Gasteiger partial charge in [-0.1, -0.05) is 0 Å². The molecular formula is C10H18O4Pb. The van der Waals surface area contributed by atoms with Crippen LogP contribution >= 0.6 is 0 Å². The van der Waals surface area contributed by atoms with Crippen LogP contribution in [-0.4, -0.2) is 37.1 Å². The molecule has 0 saturated heterocycles. The van der Waals surface area contributed by atoms with E-state index in [-0.39, 0.29) is 23.8 Å². The van der Waals surface area contributed by atoms with Gasteiger partial charge in [0, 0.05) is 0 Å². The summed E-state index contributed by atoms with van der Waals surface area (Å²) < 4.78 is 9.94. The van der Waals surface area contributed by atoms with Crippen LogP contribution in [0.15, 0.2) is 0 Å². The molecule has 15 heavy (non-hydrogen) atoms. The summed E-state index contributed by atoms with van der Waals surface area (Å²) in [5, 5.41) is 0. The van der Waals surface area contributed by atoms with Crippen LogP contribution in [-0.2, 0) is 15.0 Å². The minimum atomic E-state index is -1.97. The van der Waals surface area contributed by atoms with Crippen molar-refractivity contribution in [3.63, 3.8) is 0 Å². The number of carbonyl (C=O) groups is 2. The predicted octanol–water partition coefficient (Wildman–Crippen LogP) is 1.70. The van der Waals surface area contributed by atoms with E-state index < -0.39 is 25.1 Å². The third-order valence-corrected chi connectivity index (χ3v) is 4.53. The van der Waals surface area contributed by atoms with E-state index in [1.54, 1.807) is 0 Å². The van der Waals surface area contributed by atoms with Gasteiger partial charge in [0.15, 0.2) is 0 Å². The first kappa shape index (κ1) is 14.9. The van der Waals surface area contributed by atoms with Crippen molar-refractivity contribution < 1.29 is 15.0 Å². The van der Waals surface area contributed by atoms with Gasteiger partial charge in [0.1, 0.15) is 0 Å². The molecule has 2 radical (unpaired) electrons. The van der Waals surface area contributed by atoms with E-state index in [0.29, 0.717) is 0 Å². The van der Waals surface area contributed by atoms with Crippen molar-refractivity contribution in [3.8, 4) is 0 Å². The van der Waals surface area contributed by atoms with Gasteiger partial charge in [-0.15, -0.1) is 0 Å². The van der Waals surface area contributed by atoms with Crippen molar-refractivity contribution in [3.05, 3.63) is 0 Å². The molecule has 0 aromatic carbocycles. The third kappa shape index (κ3) is 6.11. The molecule has 5 heteroatoms. The molecule has 86 valence electrons. The molecule has 0 aliphatic heterocycles. The summed E-state index contributed by atoms with van der Waals surface area (Å²) in [6.07, 6.45) is 1.50. The SMILES string of the molecule is CCC(C)C(=O)[O][Pb][O]C(=O)C(C)CC. The number of rotatable bonds is 6. The van der Waals surface area contributed by atoms with Crippen molar-refractivity contribution in [2.75, 3.05) is 0 Å². The van der Waals surface area contributed by atoms with Crippen molar-refractivity contribution in [1.29, 1.82) is 0 Å². The Labute approximate surface area is 104 Å². The van der Waals surface area contributed by atoms with Crippen molar-refractivity contribution in [2.45, 2.75) is 40.5 Å². The van der Waals surface area contributed by atoms with Gasteiger partial charge >= 0.3 is 104 Å². The van der Waals surface area contributed by atoms with Crippen LogP contribution < -0.4 is 0 Å². The molecule has 0 aromatic rings. The molecule has 0 aromatic heterocycles. The molecule has 2 unspecified atom stereocenters. The normalized spacial score (nSPS) is 14.1. The van der Waals surface area contributed by atoms with Gasteiger partial charge in [0.2, 0.25) is 0 Å². The molecule has 0 N–H and O–H groups in total. The van der Waals surface area contributed by atoms with Crippen molar-refractivity contribution in [2.24, 2.45) is 11.8 Å². The number of carbonyl (C=O) groups excluding carboxylic acids is 2. The second-order valence-corrected chi connectivity index (χ2v) is 5.78. The van der Waals surface area contributed by atoms with Gasteiger partial charge in [0.25, 0.3) is 0 Å². The molecule has 4 nitrogen and oxygen atoms in total. The van der Waals surface area contributed by atoms with Gasteiger partial charge in [-0.3, -0.25) is 0 Å². The first-order valence-corrected chi connectivity index (χ1v) is 8.36. The molecule has 0 bridgehead atoms. The Morgan fingerprint density at radius 1 is 1.00 bits per heavy atom. The zero-order valence-corrected chi connectivity index (χ0v) is 13.6. The average molecular weight is 409 g/mol. The summed E-state index contributed by atoms with van der Waals surface area (Å²) >= 11 is -1.97. The summed E-state index contributed by atoms with van der Waals surface area (Å²) in [7, 11) is 0. The number of hydrogen-bond donors (Lipinski definition) is 0. The van der Waals surface area contributed by atoms with Crippen molar-refractivity contribution >= 4 is 37.1 Å². The molecule has 0 aliphatic rings. The predicted molar refractivity (Wildman–Crippen MR) is 56.8 cm³/mol. The van der Waals surface area contributed by atoms with Crippen LogP contribution in [0.5, 0.6) is 0 Å². The maximum absolute atomic E-state index is 11.2. The zero-order chi connectivity index (χ0) is 11.8. The van der Waals surface area contributed by atoms with Gasteiger partial charge < -0.3 is 0 Å². The second-order valence-electron chi connectivity index (χ2n) is 3.54. The first-order chi connectivity index (χ1) is 7.02. The van der Waals surface area contributed by atoms with Crippen molar-refractivity contribution in [1.82, 2.24) is 0 Å². The minimum absolute atomic E-state index is 0.0974. The Hall–Kier alpha value is -0.138. The molecule has 0 aliphatic carbocycles. The van der Waals surface area contributed by atoms with Crippen LogP contribution in [0.3, 0.4) is 0 Å². The van der Waals surface area contributed by atoms with Crippen LogP contribution in [0.4, 0.5) is 0 Å². The molecule has 0 rings (SSSR count). The van der Waals surface area contributed by atoms with Crippen LogP contribution in [0.2, 0.25) is 0 Å². The summed E-state index contributed by atoms with van der Waals surface area (Å²) in [6.45, 7) is 7.46. The van der Waals surface area contributed by atoms with Crippen LogP contribution in [0, 0.1) is 11.8 Å². The van der Waals surface area contributed by atoms with Gasteiger partial charge in [0.05, 0.1) is 0 Å². The Morgan fingerprint density at radius 3 is 1.60 bits per heavy atom. The number of hydrogen-bond acceptors (Lipinski definition) is 4. The van der Waals surface area contributed by atoms with E-state index >= 15 is 0 Å². The Morgan fingerprint density at radius 2 is 1.33 bits per heavy atom. The quantitative estimate of drug-likeness (QED) is 0.627. The molecule has 0 fully saturated rings. The molecule has 0 spiro atoms. The monoisotopic (exact) mass is 410 g/mol. The molecule has 0 amide bonds. The van der Waals surface area contributed by atoms with E-state index in [9.17, 15) is 9.59 Å². The fourth-order valence-electron chi connectivity index (χ4n) is 0.637. The molecular weight excluding hydrogens is 391 g/mol. The van der Waals surface area contributed by atoms with Crippen LogP contribution in [0.25, 0.3) is 0 Å². The van der Waals surface area contributed by atoms with E-state index in [4.69, 9.17) is 5.37 Å². The van der Waals surface area contributed by atoms with E-state index in [1.807, 2.05) is 27.7 Å². The first-order valence-electron chi connectivity index (χ1n) is 5.19. The van der Waals surface area contributed by atoms with E-state index in [0.717, 1.165) is 12.8 Å². The Kier molecular flexibility index (Phi) is 7.99. The fourth-order valence-corrected chi connectivity index (χ4v) is 3.00. The zero-order valence-electron chi connectivity index (χ0n) is 9.70. The molecule has 0 heterocycles. The fraction of sp³-hybridized carbons (Fsp3) is 0.800. The summed E-state index contributed by atoms with van der Waals surface area (Å²) in [6, 6.07) is 0. The van der Waals surface area contributed by atoms with Gasteiger partial charge in [-0.05, 0) is 0 Å². The second kappa shape index (κ2) is 8.07. The summed E-state index contributed by atoms with van der Waals surface area (Å²) in [5.74, 6) is -0.671. The van der Waals surface area contributed by atoms with Crippen LogP contribution in [0.1, 0.15) is 40.5 Å². The molecule has 0 saturated carbocycles. The van der Waals surface area contributed by atoms with Gasteiger partial charge in [-0.2, -0.15) is 0 Å². The Balaban J connectivity index is 3.70. The molecule has 2 atom stereocenters. The topological polar surface area (TPSA) is 52.6 Å². The third-order valence-electron chi connectivity index (χ3n) is 2.31.